The average Bonchev–Trinajstić information content (AvgIpc) is 2.72. The Balaban J connectivity index is 2.13. The highest BCUT2D eigenvalue weighted by Gasteiger charge is 2.32. The summed E-state index contributed by atoms with van der Waals surface area (Å²) in [6.45, 7) is 0. The molecule has 0 saturated heterocycles. The van der Waals surface area contributed by atoms with Crippen LogP contribution in [-0.4, -0.2) is 35.3 Å². The lowest BCUT2D eigenvalue weighted by molar-refractivity contribution is -0.137. The van der Waals surface area contributed by atoms with Crippen LogP contribution in [0.5, 0.6) is 0 Å². The molecule has 2 heterocycles. The molecule has 0 aliphatic carbocycles. The van der Waals surface area contributed by atoms with Gasteiger partial charge in [-0.3, -0.25) is 4.79 Å². The first-order valence-electron chi connectivity index (χ1n) is 8.59. The molecule has 1 aromatic carbocycles. The van der Waals surface area contributed by atoms with Gasteiger partial charge in [-0.25, -0.2) is 9.97 Å². The summed E-state index contributed by atoms with van der Waals surface area (Å²) in [5.74, 6) is 0.382. The molecule has 0 aliphatic rings. The number of nitrogens with one attached hydrogen (secondary N) is 1. The molecule has 2 aromatic heterocycles. The van der Waals surface area contributed by atoms with E-state index in [2.05, 4.69) is 15.0 Å². The van der Waals surface area contributed by atoms with Crippen LogP contribution < -0.4 is 10.5 Å². The zero-order chi connectivity index (χ0) is 22.1. The van der Waals surface area contributed by atoms with Crippen LogP contribution in [0.25, 0.3) is 22.4 Å². The first-order chi connectivity index (χ1) is 14.2. The van der Waals surface area contributed by atoms with Crippen molar-refractivity contribution in [1.82, 2.24) is 15.0 Å². The van der Waals surface area contributed by atoms with Crippen LogP contribution >= 0.6 is 11.8 Å². The van der Waals surface area contributed by atoms with E-state index in [1.165, 1.54) is 11.8 Å². The number of nitriles is 1. The Morgan fingerprint density at radius 1 is 1.17 bits per heavy atom. The second-order valence-corrected chi connectivity index (χ2v) is 7.27. The topological polar surface area (TPSA) is 85.7 Å². The van der Waals surface area contributed by atoms with E-state index in [0.29, 0.717) is 27.7 Å². The van der Waals surface area contributed by atoms with Gasteiger partial charge in [0.1, 0.15) is 17.5 Å². The molecule has 0 amide bonds. The lowest BCUT2D eigenvalue weighted by Gasteiger charge is -2.18. The molecule has 0 radical (unpaired) electrons. The second-order valence-electron chi connectivity index (χ2n) is 6.48. The fraction of sp³-hybridized carbons (Fsp3) is 0.200. The van der Waals surface area contributed by atoms with Gasteiger partial charge in [-0.15, -0.1) is 0 Å². The Hall–Kier alpha value is -3.32. The van der Waals surface area contributed by atoms with Gasteiger partial charge >= 0.3 is 6.18 Å². The highest BCUT2D eigenvalue weighted by Crippen LogP contribution is 2.36. The molecular weight excluding hydrogens is 415 g/mol. The van der Waals surface area contributed by atoms with Gasteiger partial charge in [0.05, 0.1) is 11.3 Å². The van der Waals surface area contributed by atoms with Crippen molar-refractivity contribution < 1.29 is 13.2 Å². The van der Waals surface area contributed by atoms with Gasteiger partial charge in [0, 0.05) is 31.4 Å². The Bertz CT molecular complexity index is 1180. The van der Waals surface area contributed by atoms with Crippen molar-refractivity contribution in [2.24, 2.45) is 0 Å². The predicted octanol–water partition coefficient (Wildman–Crippen LogP) is 4.18. The van der Waals surface area contributed by atoms with Gasteiger partial charge in [0.15, 0.2) is 5.16 Å². The van der Waals surface area contributed by atoms with Crippen molar-refractivity contribution in [1.29, 1.82) is 5.26 Å². The minimum Gasteiger partial charge on any atom is -0.362 e. The third-order valence-electron chi connectivity index (χ3n) is 4.29. The van der Waals surface area contributed by atoms with Crippen molar-refractivity contribution in [2.45, 2.75) is 11.3 Å². The molecule has 0 spiro atoms. The van der Waals surface area contributed by atoms with E-state index in [1.54, 1.807) is 49.5 Å². The number of nitrogens with zero attached hydrogens (tertiary/aromatic N) is 4. The summed E-state index contributed by atoms with van der Waals surface area (Å²) in [5, 5.41) is 9.68. The number of rotatable bonds is 4. The summed E-state index contributed by atoms with van der Waals surface area (Å²) >= 11 is 1.22. The van der Waals surface area contributed by atoms with Crippen LogP contribution in [0.4, 0.5) is 19.0 Å². The lowest BCUT2D eigenvalue weighted by Crippen LogP contribution is -2.15. The molecule has 10 heteroatoms. The minimum atomic E-state index is -4.52. The van der Waals surface area contributed by atoms with E-state index in [1.807, 2.05) is 6.07 Å². The van der Waals surface area contributed by atoms with E-state index in [4.69, 9.17) is 0 Å². The zero-order valence-corrected chi connectivity index (χ0v) is 17.0. The van der Waals surface area contributed by atoms with E-state index < -0.39 is 17.3 Å². The van der Waals surface area contributed by atoms with E-state index in [9.17, 15) is 23.2 Å². The average molecular weight is 431 g/mol. The van der Waals surface area contributed by atoms with Crippen LogP contribution in [0.1, 0.15) is 11.1 Å². The van der Waals surface area contributed by atoms with Crippen molar-refractivity contribution >= 4 is 17.6 Å². The fourth-order valence-corrected chi connectivity index (χ4v) is 3.23. The van der Waals surface area contributed by atoms with Gasteiger partial charge in [-0.05, 0) is 17.9 Å². The van der Waals surface area contributed by atoms with Crippen LogP contribution in [0.3, 0.4) is 0 Å². The quantitative estimate of drug-likeness (QED) is 0.493. The number of aromatic amines is 1. The number of thioether (sulfide) groups is 1. The molecule has 30 heavy (non-hydrogen) atoms. The number of halogens is 3. The standard InChI is InChI=1S/C20H16F3N5OS/c1-28(2)17-14(8-13(10-25-17)20(21,22)23)11-4-6-12(7-5-11)16-15(9-24)18(29)27-19(26-16)30-3/h4-8,10H,1-3H3,(H,26,27,29). The Labute approximate surface area is 174 Å². The molecule has 1 N–H and O–H groups in total. The largest absolute Gasteiger partial charge is 0.417 e. The summed E-state index contributed by atoms with van der Waals surface area (Å²) < 4.78 is 39.5. The van der Waals surface area contributed by atoms with Crippen LogP contribution in [-0.2, 0) is 6.18 Å². The van der Waals surface area contributed by atoms with E-state index >= 15 is 0 Å². The molecule has 3 rings (SSSR count). The summed E-state index contributed by atoms with van der Waals surface area (Å²) in [6.07, 6.45) is -1.98. The Morgan fingerprint density at radius 3 is 2.33 bits per heavy atom. The third kappa shape index (κ3) is 4.16. The number of anilines is 1. The van der Waals surface area contributed by atoms with Crippen molar-refractivity contribution in [2.75, 3.05) is 25.3 Å². The van der Waals surface area contributed by atoms with Gasteiger partial charge in [0.2, 0.25) is 0 Å². The number of pyridine rings is 1. The highest BCUT2D eigenvalue weighted by molar-refractivity contribution is 7.98. The zero-order valence-electron chi connectivity index (χ0n) is 16.2. The second kappa shape index (κ2) is 8.20. The SMILES string of the molecule is CSc1nc(-c2ccc(-c3cc(C(F)(F)F)cnc3N(C)C)cc2)c(C#N)c(=O)[nH]1. The van der Waals surface area contributed by atoms with Gasteiger partial charge in [-0.1, -0.05) is 36.0 Å². The van der Waals surface area contributed by atoms with Crippen molar-refractivity contribution in [3.8, 4) is 28.5 Å². The molecular formula is C20H16F3N5OS. The molecule has 0 unspecified atom stereocenters. The number of aromatic nitrogens is 3. The number of hydrogen-bond donors (Lipinski definition) is 1. The third-order valence-corrected chi connectivity index (χ3v) is 4.87. The molecule has 6 nitrogen and oxygen atoms in total. The number of hydrogen-bond acceptors (Lipinski definition) is 6. The van der Waals surface area contributed by atoms with E-state index in [0.717, 1.165) is 12.3 Å². The summed E-state index contributed by atoms with van der Waals surface area (Å²) in [5.41, 5.74) is 0.0122. The smallest absolute Gasteiger partial charge is 0.362 e. The first-order valence-corrected chi connectivity index (χ1v) is 9.82. The molecule has 154 valence electrons. The molecule has 0 aliphatic heterocycles. The maximum absolute atomic E-state index is 13.2. The summed E-state index contributed by atoms with van der Waals surface area (Å²) in [4.78, 5) is 24.5. The number of alkyl halides is 3. The number of H-pyrrole nitrogens is 1. The lowest BCUT2D eigenvalue weighted by atomic mass is 10.0. The normalized spacial score (nSPS) is 11.2. The maximum Gasteiger partial charge on any atom is 0.417 e. The van der Waals surface area contributed by atoms with Gasteiger partial charge in [-0.2, -0.15) is 18.4 Å². The van der Waals surface area contributed by atoms with Crippen LogP contribution in [0.15, 0.2) is 46.5 Å². The molecule has 0 bridgehead atoms. The van der Waals surface area contributed by atoms with Gasteiger partial charge in [0.25, 0.3) is 5.56 Å². The van der Waals surface area contributed by atoms with Crippen molar-refractivity contribution in [3.05, 3.63) is 58.0 Å². The number of benzene rings is 1. The first kappa shape index (κ1) is 21.4. The molecule has 3 aromatic rings. The summed E-state index contributed by atoms with van der Waals surface area (Å²) in [7, 11) is 3.38. The monoisotopic (exact) mass is 431 g/mol. The molecule has 0 fully saturated rings. The predicted molar refractivity (Wildman–Crippen MR) is 109 cm³/mol. The highest BCUT2D eigenvalue weighted by atomic mass is 32.2. The molecule has 0 atom stereocenters. The van der Waals surface area contributed by atoms with Crippen LogP contribution in [0, 0.1) is 11.3 Å². The summed E-state index contributed by atoms with van der Waals surface area (Å²) in [6, 6.07) is 9.35. The van der Waals surface area contributed by atoms with E-state index in [-0.39, 0.29) is 11.3 Å². The van der Waals surface area contributed by atoms with Gasteiger partial charge < -0.3 is 9.88 Å². The van der Waals surface area contributed by atoms with Crippen LogP contribution in [0.2, 0.25) is 0 Å². The maximum atomic E-state index is 13.2. The Kier molecular flexibility index (Phi) is 5.85. The molecule has 0 saturated carbocycles. The Morgan fingerprint density at radius 2 is 1.80 bits per heavy atom. The fourth-order valence-electron chi connectivity index (χ4n) is 2.85. The minimum absolute atomic E-state index is 0.129. The van der Waals surface area contributed by atoms with Crippen molar-refractivity contribution in [3.63, 3.8) is 0 Å².